The quantitative estimate of drug-likeness (QED) is 0.729. The largest absolute Gasteiger partial charge is 0.207 e. The predicted octanol–water partition coefficient (Wildman–Crippen LogP) is 5.03. The second-order valence-electron chi connectivity index (χ2n) is 4.61. The van der Waals surface area contributed by atoms with Crippen LogP contribution in [0.15, 0.2) is 30.3 Å². The highest BCUT2D eigenvalue weighted by Crippen LogP contribution is 2.27. The summed E-state index contributed by atoms with van der Waals surface area (Å²) in [6.07, 6.45) is 1.47. The van der Waals surface area contributed by atoms with Crippen LogP contribution in [0.1, 0.15) is 24.5 Å². The minimum Gasteiger partial charge on any atom is -0.207 e. The predicted molar refractivity (Wildman–Crippen MR) is 70.5 cm³/mol. The Morgan fingerprint density at radius 1 is 0.947 bits per heavy atom. The van der Waals surface area contributed by atoms with E-state index in [-0.39, 0.29) is 16.9 Å². The third-order valence-electron chi connectivity index (χ3n) is 3.16. The minimum absolute atomic E-state index is 0.0880. The van der Waals surface area contributed by atoms with Gasteiger partial charge in [-0.2, -0.15) is 0 Å². The third-order valence-corrected chi connectivity index (χ3v) is 3.16. The molecule has 19 heavy (non-hydrogen) atoms. The first-order chi connectivity index (χ1) is 9.04. The Bertz CT molecular complexity index is 603. The lowest BCUT2D eigenvalue weighted by Crippen LogP contribution is -1.95. The van der Waals surface area contributed by atoms with E-state index in [4.69, 9.17) is 0 Å². The van der Waals surface area contributed by atoms with Crippen molar-refractivity contribution in [3.63, 3.8) is 0 Å². The Labute approximate surface area is 110 Å². The van der Waals surface area contributed by atoms with Crippen LogP contribution in [0.25, 0.3) is 11.1 Å². The molecule has 0 bridgehead atoms. The number of rotatable bonds is 3. The molecule has 0 heterocycles. The Hall–Kier alpha value is -1.77. The van der Waals surface area contributed by atoms with Crippen LogP contribution in [0.4, 0.5) is 13.2 Å². The summed E-state index contributed by atoms with van der Waals surface area (Å²) in [7, 11) is 0. The van der Waals surface area contributed by atoms with E-state index in [1.807, 2.05) is 6.92 Å². The summed E-state index contributed by atoms with van der Waals surface area (Å²) in [5, 5.41) is 0. The molecule has 100 valence electrons. The van der Waals surface area contributed by atoms with Crippen molar-refractivity contribution in [2.75, 3.05) is 0 Å². The van der Waals surface area contributed by atoms with Crippen LogP contribution in [-0.2, 0) is 6.42 Å². The molecule has 2 rings (SSSR count). The van der Waals surface area contributed by atoms with Gasteiger partial charge in [-0.3, -0.25) is 0 Å². The van der Waals surface area contributed by atoms with Crippen LogP contribution in [0.2, 0.25) is 0 Å². The zero-order valence-electron chi connectivity index (χ0n) is 10.9. The van der Waals surface area contributed by atoms with Crippen LogP contribution >= 0.6 is 0 Å². The van der Waals surface area contributed by atoms with Crippen LogP contribution in [-0.4, -0.2) is 0 Å². The molecule has 0 atom stereocenters. The number of aryl methyl sites for hydroxylation is 2. The fourth-order valence-corrected chi connectivity index (χ4v) is 2.06. The summed E-state index contributed by atoms with van der Waals surface area (Å²) in [4.78, 5) is 0. The van der Waals surface area contributed by atoms with Crippen molar-refractivity contribution in [3.8, 4) is 11.1 Å². The van der Waals surface area contributed by atoms with E-state index in [0.29, 0.717) is 17.5 Å². The average molecular weight is 264 g/mol. The van der Waals surface area contributed by atoms with Gasteiger partial charge in [-0.05, 0) is 36.1 Å². The van der Waals surface area contributed by atoms with Gasteiger partial charge in [-0.1, -0.05) is 37.6 Å². The van der Waals surface area contributed by atoms with Gasteiger partial charge in [0.05, 0.1) is 0 Å². The Morgan fingerprint density at radius 3 is 2.32 bits per heavy atom. The van der Waals surface area contributed by atoms with Gasteiger partial charge in [0.2, 0.25) is 0 Å². The summed E-state index contributed by atoms with van der Waals surface area (Å²) in [5.41, 5.74) is 1.28. The molecule has 0 N–H and O–H groups in total. The normalized spacial score (nSPS) is 10.8. The van der Waals surface area contributed by atoms with Crippen molar-refractivity contribution < 1.29 is 13.2 Å². The van der Waals surface area contributed by atoms with Gasteiger partial charge in [-0.25, -0.2) is 13.2 Å². The molecule has 0 nitrogen and oxygen atoms in total. The van der Waals surface area contributed by atoms with Crippen molar-refractivity contribution in [2.24, 2.45) is 0 Å². The molecule has 0 spiro atoms. The van der Waals surface area contributed by atoms with E-state index in [0.717, 1.165) is 6.42 Å². The molecule has 0 unspecified atom stereocenters. The number of benzene rings is 2. The Balaban J connectivity index is 2.48. The molecule has 3 heteroatoms. The van der Waals surface area contributed by atoms with E-state index >= 15 is 0 Å². The summed E-state index contributed by atoms with van der Waals surface area (Å²) in [6, 6.07) is 7.48. The lowest BCUT2D eigenvalue weighted by molar-refractivity contribution is 0.505. The number of hydrogen-bond donors (Lipinski definition) is 0. The third kappa shape index (κ3) is 2.65. The first-order valence-electron chi connectivity index (χ1n) is 6.28. The van der Waals surface area contributed by atoms with Gasteiger partial charge in [0, 0.05) is 5.56 Å². The van der Waals surface area contributed by atoms with E-state index in [1.165, 1.54) is 25.1 Å². The van der Waals surface area contributed by atoms with Gasteiger partial charge >= 0.3 is 0 Å². The van der Waals surface area contributed by atoms with E-state index in [2.05, 4.69) is 0 Å². The lowest BCUT2D eigenvalue weighted by Gasteiger charge is -2.08. The molecule has 0 saturated carbocycles. The number of halogens is 3. The highest BCUT2D eigenvalue weighted by Gasteiger charge is 2.13. The molecule has 0 saturated heterocycles. The minimum atomic E-state index is -0.928. The molecule has 0 fully saturated rings. The van der Waals surface area contributed by atoms with Crippen molar-refractivity contribution in [2.45, 2.75) is 26.7 Å². The topological polar surface area (TPSA) is 0 Å². The standard InChI is InChI=1S/C16H15F3/c1-3-4-11-6-7-12(9-14(11)17)13-8-5-10(2)15(18)16(13)19/h5-9H,3-4H2,1-2H3. The molecule has 0 aliphatic rings. The van der Waals surface area contributed by atoms with Crippen LogP contribution in [0.3, 0.4) is 0 Å². The summed E-state index contributed by atoms with van der Waals surface area (Å²) in [5.74, 6) is -2.18. The number of hydrogen-bond acceptors (Lipinski definition) is 0. The SMILES string of the molecule is CCCc1ccc(-c2ccc(C)c(F)c2F)cc1F. The monoisotopic (exact) mass is 264 g/mol. The first-order valence-corrected chi connectivity index (χ1v) is 6.28. The van der Waals surface area contributed by atoms with Gasteiger partial charge in [-0.15, -0.1) is 0 Å². The smallest absolute Gasteiger partial charge is 0.166 e. The van der Waals surface area contributed by atoms with Crippen molar-refractivity contribution in [1.29, 1.82) is 0 Å². The van der Waals surface area contributed by atoms with Gasteiger partial charge in [0.25, 0.3) is 0 Å². The Kier molecular flexibility index (Phi) is 3.93. The van der Waals surface area contributed by atoms with Crippen molar-refractivity contribution in [1.82, 2.24) is 0 Å². The molecular formula is C16H15F3. The molecular weight excluding hydrogens is 249 g/mol. The summed E-state index contributed by atoms with van der Waals surface area (Å²) >= 11 is 0. The van der Waals surface area contributed by atoms with Gasteiger partial charge in [0.15, 0.2) is 11.6 Å². The summed E-state index contributed by atoms with van der Waals surface area (Å²) in [6.45, 7) is 3.45. The molecule has 0 amide bonds. The maximum Gasteiger partial charge on any atom is 0.166 e. The van der Waals surface area contributed by atoms with E-state index in [1.54, 1.807) is 12.1 Å². The summed E-state index contributed by atoms with van der Waals surface area (Å²) < 4.78 is 41.2. The zero-order chi connectivity index (χ0) is 14.0. The van der Waals surface area contributed by atoms with Crippen LogP contribution in [0.5, 0.6) is 0 Å². The van der Waals surface area contributed by atoms with Gasteiger partial charge in [0.1, 0.15) is 5.82 Å². The maximum absolute atomic E-state index is 13.8. The Morgan fingerprint density at radius 2 is 1.68 bits per heavy atom. The maximum atomic E-state index is 13.8. The zero-order valence-corrected chi connectivity index (χ0v) is 10.9. The van der Waals surface area contributed by atoms with Crippen LogP contribution in [0, 0.1) is 24.4 Å². The molecule has 2 aromatic carbocycles. The fourth-order valence-electron chi connectivity index (χ4n) is 2.06. The van der Waals surface area contributed by atoms with E-state index in [9.17, 15) is 13.2 Å². The molecule has 0 aromatic heterocycles. The second-order valence-corrected chi connectivity index (χ2v) is 4.61. The van der Waals surface area contributed by atoms with Crippen molar-refractivity contribution in [3.05, 3.63) is 58.9 Å². The fraction of sp³-hybridized carbons (Fsp3) is 0.250. The molecule has 0 aliphatic heterocycles. The molecule has 0 aliphatic carbocycles. The lowest BCUT2D eigenvalue weighted by atomic mass is 10.00. The first kappa shape index (κ1) is 13.7. The van der Waals surface area contributed by atoms with Crippen LogP contribution < -0.4 is 0 Å². The molecule has 0 radical (unpaired) electrons. The highest BCUT2D eigenvalue weighted by atomic mass is 19.2. The van der Waals surface area contributed by atoms with E-state index < -0.39 is 11.6 Å². The van der Waals surface area contributed by atoms with Gasteiger partial charge < -0.3 is 0 Å². The second kappa shape index (κ2) is 5.47. The molecule has 2 aromatic rings. The average Bonchev–Trinajstić information content (AvgIpc) is 2.39. The highest BCUT2D eigenvalue weighted by molar-refractivity contribution is 5.65. The van der Waals surface area contributed by atoms with Crippen molar-refractivity contribution >= 4 is 0 Å².